The number of aliphatic hydroxyl groups excluding tert-OH is 1. The van der Waals surface area contributed by atoms with Crippen LogP contribution < -0.4 is 16.8 Å². The lowest BCUT2D eigenvalue weighted by Gasteiger charge is -2.22. The molecule has 0 saturated carbocycles. The quantitative estimate of drug-likeness (QED) is 0.648. The van der Waals surface area contributed by atoms with E-state index in [-0.39, 0.29) is 6.54 Å². The number of nitrogens with zero attached hydrogens (tertiary/aromatic N) is 1. The zero-order valence-electron chi connectivity index (χ0n) is 10.9. The van der Waals surface area contributed by atoms with Gasteiger partial charge in [0.2, 0.25) is 0 Å². The highest BCUT2D eigenvalue weighted by Crippen LogP contribution is 2.06. The molecule has 0 aliphatic carbocycles. The molecule has 1 atom stereocenters. The first-order chi connectivity index (χ1) is 8.71. The van der Waals surface area contributed by atoms with Crippen molar-refractivity contribution in [3.63, 3.8) is 0 Å². The minimum Gasteiger partial charge on any atom is -0.444 e. The van der Waals surface area contributed by atoms with Crippen LogP contribution in [0.2, 0.25) is 0 Å². The van der Waals surface area contributed by atoms with Crippen molar-refractivity contribution in [3.8, 4) is 0 Å². The molecule has 0 aliphatic rings. The predicted octanol–water partition coefficient (Wildman–Crippen LogP) is -0.985. The maximum Gasteiger partial charge on any atom is 0.440 e. The summed E-state index contributed by atoms with van der Waals surface area (Å²) in [4.78, 5) is 35.3. The number of H-pyrrole nitrogens is 1. The van der Waals surface area contributed by atoms with E-state index in [1.54, 1.807) is 20.8 Å². The Morgan fingerprint density at radius 3 is 2.58 bits per heavy atom. The van der Waals surface area contributed by atoms with E-state index < -0.39 is 35.8 Å². The first kappa shape index (κ1) is 15.0. The third-order valence-electron chi connectivity index (χ3n) is 1.96. The van der Waals surface area contributed by atoms with Gasteiger partial charge in [-0.15, -0.1) is 4.74 Å². The average molecular weight is 275 g/mol. The van der Waals surface area contributed by atoms with Crippen molar-refractivity contribution in [3.05, 3.63) is 21.0 Å². The lowest BCUT2D eigenvalue weighted by atomic mass is 10.2. The van der Waals surface area contributed by atoms with E-state index in [0.29, 0.717) is 4.74 Å². The third-order valence-corrected chi connectivity index (χ3v) is 1.96. The molecule has 1 rings (SSSR count). The summed E-state index contributed by atoms with van der Waals surface area (Å²) in [5.41, 5.74) is -1.43. The molecule has 9 nitrogen and oxygen atoms in total. The number of rotatable bonds is 4. The van der Waals surface area contributed by atoms with Crippen LogP contribution in [-0.2, 0) is 11.3 Å². The summed E-state index contributed by atoms with van der Waals surface area (Å²) in [6.07, 6.45) is -0.738. The Labute approximate surface area is 108 Å². The van der Waals surface area contributed by atoms with Gasteiger partial charge in [0, 0.05) is 0 Å². The van der Waals surface area contributed by atoms with Gasteiger partial charge in [-0.2, -0.15) is 0 Å². The van der Waals surface area contributed by atoms with Crippen molar-refractivity contribution in [1.29, 1.82) is 0 Å². The first-order valence-corrected chi connectivity index (χ1v) is 5.62. The van der Waals surface area contributed by atoms with Crippen molar-refractivity contribution in [2.45, 2.75) is 39.0 Å². The average Bonchev–Trinajstić information content (AvgIpc) is 2.53. The van der Waals surface area contributed by atoms with Crippen LogP contribution in [0.15, 0.2) is 14.1 Å². The molecule has 0 aliphatic heterocycles. The zero-order chi connectivity index (χ0) is 14.6. The fourth-order valence-corrected chi connectivity index (χ4v) is 1.26. The highest BCUT2D eigenvalue weighted by molar-refractivity contribution is 5.68. The molecule has 19 heavy (non-hydrogen) atoms. The van der Waals surface area contributed by atoms with Crippen LogP contribution in [0.5, 0.6) is 0 Å². The first-order valence-electron chi connectivity index (χ1n) is 5.62. The van der Waals surface area contributed by atoms with E-state index in [0.717, 1.165) is 0 Å². The molecule has 0 saturated heterocycles. The Morgan fingerprint density at radius 2 is 2.16 bits per heavy atom. The number of amides is 1. The Kier molecular flexibility index (Phi) is 4.54. The van der Waals surface area contributed by atoms with Crippen LogP contribution in [-0.4, -0.2) is 39.2 Å². The van der Waals surface area contributed by atoms with Crippen molar-refractivity contribution in [2.75, 3.05) is 6.61 Å². The highest BCUT2D eigenvalue weighted by Gasteiger charge is 2.20. The Hall–Kier alpha value is -2.03. The molecule has 108 valence electrons. The van der Waals surface area contributed by atoms with Gasteiger partial charge < -0.3 is 19.7 Å². The van der Waals surface area contributed by atoms with Crippen LogP contribution in [0, 0.1) is 0 Å². The molecule has 1 aromatic heterocycles. The predicted molar refractivity (Wildman–Crippen MR) is 63.8 cm³/mol. The number of alkyl carbamates (subject to hydrolysis) is 1. The maximum atomic E-state index is 11.5. The number of carbonyl (C=O) groups is 1. The van der Waals surface area contributed by atoms with Crippen molar-refractivity contribution in [2.24, 2.45) is 0 Å². The molecule has 0 radical (unpaired) electrons. The molecule has 0 spiro atoms. The maximum absolute atomic E-state index is 11.5. The molecule has 0 bridgehead atoms. The normalized spacial score (nSPS) is 13.1. The molecule has 0 aromatic carbocycles. The van der Waals surface area contributed by atoms with Crippen molar-refractivity contribution < 1.29 is 19.2 Å². The fourth-order valence-electron chi connectivity index (χ4n) is 1.26. The largest absolute Gasteiger partial charge is 0.444 e. The van der Waals surface area contributed by atoms with E-state index in [1.807, 2.05) is 4.98 Å². The fraction of sp³-hybridized carbons (Fsp3) is 0.700. The number of carbonyl (C=O) groups excluding carboxylic acids is 1. The Balaban J connectivity index is 2.64. The Morgan fingerprint density at radius 1 is 1.53 bits per heavy atom. The number of hydrogen-bond acceptors (Lipinski definition) is 6. The molecule has 1 aromatic rings. The lowest BCUT2D eigenvalue weighted by molar-refractivity contribution is 0.0461. The van der Waals surface area contributed by atoms with Crippen molar-refractivity contribution >= 4 is 6.09 Å². The minimum atomic E-state index is -0.904. The standard InChI is InChI=1S/C10H17N3O6/c1-10(2,3)18-8(16)11-6(5-14)4-13-7(15)12-9(17)19-13/h6,14H,4-5H2,1-3H3,(H,11,16)(H,12,15,17)/t6-/m1/s1. The lowest BCUT2D eigenvalue weighted by Crippen LogP contribution is -2.44. The van der Waals surface area contributed by atoms with Gasteiger partial charge in [-0.1, -0.05) is 0 Å². The SMILES string of the molecule is CC(C)(C)OC(=O)N[C@@H](CO)Cn1oc(=O)[nH]c1=O. The third kappa shape index (κ3) is 5.00. The van der Waals surface area contributed by atoms with E-state index >= 15 is 0 Å². The molecule has 1 amide bonds. The van der Waals surface area contributed by atoms with Crippen LogP contribution in [0.3, 0.4) is 0 Å². The number of hydrogen-bond donors (Lipinski definition) is 3. The van der Waals surface area contributed by atoms with Gasteiger partial charge in [0.05, 0.1) is 19.2 Å². The second-order valence-electron chi connectivity index (χ2n) is 4.90. The molecular weight excluding hydrogens is 258 g/mol. The summed E-state index contributed by atoms with van der Waals surface area (Å²) in [5.74, 6) is -0.904. The smallest absolute Gasteiger partial charge is 0.440 e. The van der Waals surface area contributed by atoms with Crippen LogP contribution in [0.1, 0.15) is 20.8 Å². The number of nitrogens with one attached hydrogen (secondary N) is 2. The van der Waals surface area contributed by atoms with Gasteiger partial charge >= 0.3 is 17.5 Å². The summed E-state index contributed by atoms with van der Waals surface area (Å²) in [7, 11) is 0. The monoisotopic (exact) mass is 275 g/mol. The van der Waals surface area contributed by atoms with Crippen molar-refractivity contribution in [1.82, 2.24) is 15.0 Å². The van der Waals surface area contributed by atoms with E-state index in [9.17, 15) is 14.4 Å². The van der Waals surface area contributed by atoms with Gasteiger partial charge in [-0.25, -0.2) is 19.4 Å². The summed E-state index contributed by atoms with van der Waals surface area (Å²) < 4.78 is 10.2. The Bertz CT molecular complexity index is 534. The van der Waals surface area contributed by atoms with E-state index in [2.05, 4.69) is 9.84 Å². The van der Waals surface area contributed by atoms with Crippen LogP contribution in [0.25, 0.3) is 0 Å². The number of aliphatic hydroxyl groups is 1. The van der Waals surface area contributed by atoms with Gasteiger partial charge in [0.15, 0.2) is 0 Å². The summed E-state index contributed by atoms with van der Waals surface area (Å²) >= 11 is 0. The molecule has 3 N–H and O–H groups in total. The van der Waals surface area contributed by atoms with Gasteiger partial charge in [-0.05, 0) is 20.8 Å². The summed E-state index contributed by atoms with van der Waals surface area (Å²) in [5, 5.41) is 11.5. The topological polar surface area (TPSA) is 127 Å². The second-order valence-corrected chi connectivity index (χ2v) is 4.90. The zero-order valence-corrected chi connectivity index (χ0v) is 10.9. The number of aromatic nitrogens is 2. The molecule has 0 fully saturated rings. The molecule has 0 unspecified atom stereocenters. The van der Waals surface area contributed by atoms with Gasteiger partial charge in [0.25, 0.3) is 0 Å². The summed E-state index contributed by atoms with van der Waals surface area (Å²) in [6, 6.07) is -0.813. The van der Waals surface area contributed by atoms with Gasteiger partial charge in [0.1, 0.15) is 5.60 Å². The van der Waals surface area contributed by atoms with Crippen LogP contribution >= 0.6 is 0 Å². The minimum absolute atomic E-state index is 0.187. The van der Waals surface area contributed by atoms with Crippen LogP contribution in [0.4, 0.5) is 4.79 Å². The highest BCUT2D eigenvalue weighted by atomic mass is 16.6. The van der Waals surface area contributed by atoms with Gasteiger partial charge in [-0.3, -0.25) is 0 Å². The number of aromatic amines is 1. The molecular formula is C10H17N3O6. The second kappa shape index (κ2) is 5.74. The van der Waals surface area contributed by atoms with E-state index in [1.165, 1.54) is 0 Å². The molecule has 9 heteroatoms. The molecule has 1 heterocycles. The number of ether oxygens (including phenoxy) is 1. The van der Waals surface area contributed by atoms with E-state index in [4.69, 9.17) is 9.84 Å². The summed E-state index contributed by atoms with van der Waals surface area (Å²) in [6.45, 7) is 4.44.